The summed E-state index contributed by atoms with van der Waals surface area (Å²) in [5.74, 6) is 1.61. The number of ether oxygens (including phenoxy) is 2. The molecule has 1 heterocycles. The molecule has 0 saturated heterocycles. The fourth-order valence-electron chi connectivity index (χ4n) is 3.64. The molecule has 4 heteroatoms. The average molecular weight is 416 g/mol. The first-order valence-corrected chi connectivity index (χ1v) is 10.9. The zero-order valence-electron chi connectivity index (χ0n) is 18.2. The standard InChI is InChI=1S/C27H29NO3/c1-27(2)16-14-22-18-23(10-13-25(22)31-27)26(29)28-17-15-20-8-11-24(12-9-20)30-19-21-6-4-3-5-7-21/h3-4,6,8-14,16,18H,5,7,15,17,19H2,1-2H3,(H,28,29). The minimum Gasteiger partial charge on any atom is -0.489 e. The van der Waals surface area contributed by atoms with Crippen molar-refractivity contribution in [2.45, 2.75) is 38.7 Å². The van der Waals surface area contributed by atoms with Gasteiger partial charge in [0, 0.05) is 17.7 Å². The minimum absolute atomic E-state index is 0.0733. The number of carbonyl (C=O) groups is 1. The molecule has 1 aliphatic carbocycles. The van der Waals surface area contributed by atoms with E-state index >= 15 is 0 Å². The second-order valence-electron chi connectivity index (χ2n) is 8.52. The van der Waals surface area contributed by atoms with Gasteiger partial charge >= 0.3 is 0 Å². The molecule has 0 aromatic heterocycles. The van der Waals surface area contributed by atoms with Crippen LogP contribution >= 0.6 is 0 Å². The molecule has 0 spiro atoms. The van der Waals surface area contributed by atoms with Crippen LogP contribution in [0.2, 0.25) is 0 Å². The maximum absolute atomic E-state index is 12.5. The van der Waals surface area contributed by atoms with Gasteiger partial charge in [0.05, 0.1) is 0 Å². The summed E-state index contributed by atoms with van der Waals surface area (Å²) in [4.78, 5) is 12.5. The average Bonchev–Trinajstić information content (AvgIpc) is 2.78. The van der Waals surface area contributed by atoms with Crippen LogP contribution in [0.1, 0.15) is 48.2 Å². The number of hydrogen-bond donors (Lipinski definition) is 1. The molecule has 0 bridgehead atoms. The highest BCUT2D eigenvalue weighted by Crippen LogP contribution is 2.31. The lowest BCUT2D eigenvalue weighted by Crippen LogP contribution is -2.28. The molecule has 4 nitrogen and oxygen atoms in total. The lowest BCUT2D eigenvalue weighted by molar-refractivity contribution is 0.0954. The van der Waals surface area contributed by atoms with Crippen molar-refractivity contribution >= 4 is 12.0 Å². The Kier molecular flexibility index (Phi) is 6.26. The largest absolute Gasteiger partial charge is 0.489 e. The van der Waals surface area contributed by atoms with Gasteiger partial charge < -0.3 is 14.8 Å². The van der Waals surface area contributed by atoms with E-state index in [0.29, 0.717) is 18.7 Å². The van der Waals surface area contributed by atoms with Gasteiger partial charge in [0.1, 0.15) is 23.7 Å². The fourth-order valence-corrected chi connectivity index (χ4v) is 3.64. The molecule has 31 heavy (non-hydrogen) atoms. The predicted octanol–water partition coefficient (Wildman–Crippen LogP) is 5.50. The number of fused-ring (bicyclic) bond motifs is 1. The van der Waals surface area contributed by atoms with E-state index in [1.54, 1.807) is 0 Å². The summed E-state index contributed by atoms with van der Waals surface area (Å²) >= 11 is 0. The Morgan fingerprint density at radius 1 is 1.16 bits per heavy atom. The van der Waals surface area contributed by atoms with Crippen LogP contribution in [0.5, 0.6) is 11.5 Å². The molecule has 0 atom stereocenters. The lowest BCUT2D eigenvalue weighted by Gasteiger charge is -2.27. The second kappa shape index (κ2) is 9.25. The summed E-state index contributed by atoms with van der Waals surface area (Å²) in [7, 11) is 0. The van der Waals surface area contributed by atoms with Crippen LogP contribution in [0.15, 0.2) is 72.3 Å². The zero-order valence-corrected chi connectivity index (χ0v) is 18.2. The number of rotatable bonds is 7. The van der Waals surface area contributed by atoms with Crippen molar-refractivity contribution in [2.75, 3.05) is 13.2 Å². The van der Waals surface area contributed by atoms with Crippen LogP contribution in [0.4, 0.5) is 0 Å². The number of nitrogens with one attached hydrogen (secondary N) is 1. The molecule has 2 aliphatic rings. The first kappa shape index (κ1) is 21.0. The Morgan fingerprint density at radius 3 is 2.77 bits per heavy atom. The summed E-state index contributed by atoms with van der Waals surface area (Å²) in [6, 6.07) is 13.7. The van der Waals surface area contributed by atoms with Crippen molar-refractivity contribution in [3.8, 4) is 11.5 Å². The Morgan fingerprint density at radius 2 is 2.00 bits per heavy atom. The summed E-state index contributed by atoms with van der Waals surface area (Å²) < 4.78 is 11.8. The molecule has 0 fully saturated rings. The summed E-state index contributed by atoms with van der Waals surface area (Å²) in [5, 5.41) is 3.00. The number of amides is 1. The van der Waals surface area contributed by atoms with Gasteiger partial charge in [-0.25, -0.2) is 0 Å². The van der Waals surface area contributed by atoms with Crippen LogP contribution < -0.4 is 14.8 Å². The van der Waals surface area contributed by atoms with Crippen LogP contribution in [0, 0.1) is 0 Å². The molecule has 0 radical (unpaired) electrons. The van der Waals surface area contributed by atoms with E-state index in [1.165, 1.54) is 5.57 Å². The van der Waals surface area contributed by atoms with Crippen LogP contribution in [0.25, 0.3) is 6.08 Å². The third-order valence-electron chi connectivity index (χ3n) is 5.46. The molecular weight excluding hydrogens is 386 g/mol. The zero-order chi connectivity index (χ0) is 21.7. The molecule has 1 amide bonds. The van der Waals surface area contributed by atoms with E-state index in [-0.39, 0.29) is 11.5 Å². The van der Waals surface area contributed by atoms with Crippen molar-refractivity contribution in [2.24, 2.45) is 0 Å². The highest BCUT2D eigenvalue weighted by molar-refractivity contribution is 5.95. The van der Waals surface area contributed by atoms with E-state index in [1.807, 2.05) is 56.3 Å². The highest BCUT2D eigenvalue weighted by Gasteiger charge is 2.22. The van der Waals surface area contributed by atoms with Crippen molar-refractivity contribution in [3.63, 3.8) is 0 Å². The first-order chi connectivity index (χ1) is 15.0. The van der Waals surface area contributed by atoms with E-state index in [9.17, 15) is 4.79 Å². The number of carbonyl (C=O) groups excluding carboxylic acids is 1. The van der Waals surface area contributed by atoms with Gasteiger partial charge in [0.15, 0.2) is 0 Å². The molecule has 1 N–H and O–H groups in total. The minimum atomic E-state index is -0.318. The molecule has 0 saturated carbocycles. The number of hydrogen-bond acceptors (Lipinski definition) is 3. The maximum Gasteiger partial charge on any atom is 0.251 e. The van der Waals surface area contributed by atoms with Gasteiger partial charge in [-0.15, -0.1) is 0 Å². The van der Waals surface area contributed by atoms with Gasteiger partial charge in [-0.1, -0.05) is 36.4 Å². The monoisotopic (exact) mass is 415 g/mol. The Hall–Kier alpha value is -3.27. The van der Waals surface area contributed by atoms with Crippen molar-refractivity contribution in [1.29, 1.82) is 0 Å². The number of allylic oxidation sites excluding steroid dienone is 3. The highest BCUT2D eigenvalue weighted by atomic mass is 16.5. The maximum atomic E-state index is 12.5. The van der Waals surface area contributed by atoms with Crippen molar-refractivity contribution < 1.29 is 14.3 Å². The third-order valence-corrected chi connectivity index (χ3v) is 5.46. The molecule has 2 aromatic carbocycles. The van der Waals surface area contributed by atoms with Crippen LogP contribution in [-0.2, 0) is 6.42 Å². The Balaban J connectivity index is 1.25. The van der Waals surface area contributed by atoms with Gasteiger partial charge in [-0.2, -0.15) is 0 Å². The summed E-state index contributed by atoms with van der Waals surface area (Å²) in [6.07, 6.45) is 13.4. The van der Waals surface area contributed by atoms with Gasteiger partial charge in [-0.05, 0) is 80.7 Å². The second-order valence-corrected chi connectivity index (χ2v) is 8.52. The van der Waals surface area contributed by atoms with Gasteiger partial charge in [0.25, 0.3) is 5.91 Å². The molecule has 160 valence electrons. The Labute approximate surface area is 184 Å². The Bertz CT molecular complexity index is 1030. The van der Waals surface area contributed by atoms with E-state index < -0.39 is 0 Å². The summed E-state index contributed by atoms with van der Waals surface area (Å²) in [5.41, 5.74) is 3.74. The van der Waals surface area contributed by atoms with Crippen LogP contribution in [-0.4, -0.2) is 24.7 Å². The smallest absolute Gasteiger partial charge is 0.251 e. The van der Waals surface area contributed by atoms with E-state index in [4.69, 9.17) is 9.47 Å². The van der Waals surface area contributed by atoms with Crippen LogP contribution in [0.3, 0.4) is 0 Å². The van der Waals surface area contributed by atoms with Gasteiger partial charge in [0.2, 0.25) is 0 Å². The molecule has 2 aromatic rings. The fraction of sp³-hybridized carbons (Fsp3) is 0.296. The molecule has 0 unspecified atom stereocenters. The SMILES string of the molecule is CC1(C)C=Cc2cc(C(=O)NCCc3ccc(OCC4=CC=CCC4)cc3)ccc2O1. The van der Waals surface area contributed by atoms with E-state index in [2.05, 4.69) is 35.7 Å². The quantitative estimate of drug-likeness (QED) is 0.650. The van der Waals surface area contributed by atoms with E-state index in [0.717, 1.165) is 41.9 Å². The van der Waals surface area contributed by atoms with Gasteiger partial charge in [-0.3, -0.25) is 4.79 Å². The normalized spacial score (nSPS) is 16.1. The summed E-state index contributed by atoms with van der Waals surface area (Å²) in [6.45, 7) is 5.24. The lowest BCUT2D eigenvalue weighted by atomic mass is 10.0. The number of benzene rings is 2. The molecule has 4 rings (SSSR count). The third kappa shape index (κ3) is 5.66. The first-order valence-electron chi connectivity index (χ1n) is 10.9. The topological polar surface area (TPSA) is 47.6 Å². The van der Waals surface area contributed by atoms with Crippen molar-refractivity contribution in [3.05, 3.63) is 89.0 Å². The van der Waals surface area contributed by atoms with Crippen molar-refractivity contribution in [1.82, 2.24) is 5.32 Å². The predicted molar refractivity (Wildman–Crippen MR) is 125 cm³/mol. The molecule has 1 aliphatic heterocycles. The molecular formula is C27H29NO3.